The molecule has 0 saturated carbocycles. The van der Waals surface area contributed by atoms with Gasteiger partial charge in [0.05, 0.1) is 12.4 Å². The summed E-state index contributed by atoms with van der Waals surface area (Å²) in [4.78, 5) is 16.0. The molecule has 1 aliphatic heterocycles. The number of carbonyl (C=O) groups is 1. The van der Waals surface area contributed by atoms with Crippen molar-refractivity contribution in [3.63, 3.8) is 0 Å². The zero-order valence-electron chi connectivity index (χ0n) is 8.60. The van der Waals surface area contributed by atoms with E-state index in [1.165, 1.54) is 0 Å². The molecular weight excluding hydrogens is 222 g/mol. The second kappa shape index (κ2) is 4.61. The summed E-state index contributed by atoms with van der Waals surface area (Å²) < 4.78 is 26.6. The standard InChI is InChI=1S/C8H13NO5S/c1-3-13-8(10)7-4-6(14-9-7)5-15(2,11)12/h6H,3-5H2,1-2H3/t6-/m1/s1. The van der Waals surface area contributed by atoms with Crippen LogP contribution < -0.4 is 0 Å². The summed E-state index contributed by atoms with van der Waals surface area (Å²) in [5, 5.41) is 3.50. The van der Waals surface area contributed by atoms with Crippen molar-refractivity contribution in [1.82, 2.24) is 0 Å². The molecule has 0 aromatic heterocycles. The van der Waals surface area contributed by atoms with Crippen LogP contribution in [0.5, 0.6) is 0 Å². The molecule has 0 radical (unpaired) electrons. The number of rotatable bonds is 4. The molecule has 0 aromatic carbocycles. The van der Waals surface area contributed by atoms with Crippen LogP contribution in [0.3, 0.4) is 0 Å². The summed E-state index contributed by atoms with van der Waals surface area (Å²) in [6.07, 6.45) is 0.726. The van der Waals surface area contributed by atoms with Gasteiger partial charge in [-0.3, -0.25) is 0 Å². The lowest BCUT2D eigenvalue weighted by Gasteiger charge is -2.04. The normalized spacial score (nSPS) is 20.7. The highest BCUT2D eigenvalue weighted by atomic mass is 32.2. The summed E-state index contributed by atoms with van der Waals surface area (Å²) in [6.45, 7) is 1.94. The summed E-state index contributed by atoms with van der Waals surface area (Å²) in [5.41, 5.74) is 0.144. The van der Waals surface area contributed by atoms with E-state index in [0.717, 1.165) is 6.26 Å². The van der Waals surface area contributed by atoms with E-state index < -0.39 is 21.9 Å². The molecule has 0 bridgehead atoms. The Morgan fingerprint density at radius 2 is 2.33 bits per heavy atom. The van der Waals surface area contributed by atoms with Crippen molar-refractivity contribution < 1.29 is 22.8 Å². The highest BCUT2D eigenvalue weighted by molar-refractivity contribution is 7.90. The van der Waals surface area contributed by atoms with Crippen molar-refractivity contribution in [1.29, 1.82) is 0 Å². The first-order valence-electron chi connectivity index (χ1n) is 4.50. The van der Waals surface area contributed by atoms with E-state index in [9.17, 15) is 13.2 Å². The highest BCUT2D eigenvalue weighted by Gasteiger charge is 2.29. The van der Waals surface area contributed by atoms with Crippen LogP contribution in [0, 0.1) is 0 Å². The fourth-order valence-electron chi connectivity index (χ4n) is 1.19. The fraction of sp³-hybridized carbons (Fsp3) is 0.750. The molecule has 1 rings (SSSR count). The topological polar surface area (TPSA) is 82.0 Å². The fourth-order valence-corrected chi connectivity index (χ4v) is 2.04. The average molecular weight is 235 g/mol. The third-order valence-corrected chi connectivity index (χ3v) is 2.71. The predicted octanol–water partition coefficient (Wildman–Crippen LogP) is -0.261. The Labute approximate surface area is 88.2 Å². The molecule has 1 aliphatic rings. The molecule has 0 fully saturated rings. The van der Waals surface area contributed by atoms with Crippen LogP contribution in [0.2, 0.25) is 0 Å². The van der Waals surface area contributed by atoms with Crippen molar-refractivity contribution in [2.75, 3.05) is 18.6 Å². The van der Waals surface area contributed by atoms with Crippen molar-refractivity contribution in [3.8, 4) is 0 Å². The molecular formula is C8H13NO5S. The molecule has 0 aliphatic carbocycles. The first-order valence-corrected chi connectivity index (χ1v) is 6.56. The van der Waals surface area contributed by atoms with Gasteiger partial charge in [0.2, 0.25) is 0 Å². The smallest absolute Gasteiger partial charge is 0.356 e. The Balaban J connectivity index is 2.47. The number of hydrogen-bond acceptors (Lipinski definition) is 6. The van der Waals surface area contributed by atoms with Crippen LogP contribution in [0.15, 0.2) is 5.16 Å². The maximum Gasteiger partial charge on any atom is 0.356 e. The summed E-state index contributed by atoms with van der Waals surface area (Å²) >= 11 is 0. The maximum absolute atomic E-state index is 11.2. The van der Waals surface area contributed by atoms with E-state index in [1.54, 1.807) is 6.92 Å². The molecule has 1 atom stereocenters. The van der Waals surface area contributed by atoms with Gasteiger partial charge in [-0.05, 0) is 6.92 Å². The van der Waals surface area contributed by atoms with Gasteiger partial charge in [0.1, 0.15) is 6.10 Å². The Hall–Kier alpha value is -1.11. The molecule has 7 heteroatoms. The van der Waals surface area contributed by atoms with Gasteiger partial charge in [0.15, 0.2) is 15.5 Å². The van der Waals surface area contributed by atoms with Crippen LogP contribution in [0.4, 0.5) is 0 Å². The van der Waals surface area contributed by atoms with E-state index in [-0.39, 0.29) is 24.5 Å². The first-order chi connectivity index (χ1) is 6.92. The predicted molar refractivity (Wildman–Crippen MR) is 53.3 cm³/mol. The Bertz CT molecular complexity index is 372. The zero-order chi connectivity index (χ0) is 11.5. The van der Waals surface area contributed by atoms with Gasteiger partial charge in [-0.2, -0.15) is 0 Å². The molecule has 86 valence electrons. The van der Waals surface area contributed by atoms with Crippen molar-refractivity contribution in [2.45, 2.75) is 19.4 Å². The van der Waals surface area contributed by atoms with Gasteiger partial charge in [-0.1, -0.05) is 5.16 Å². The van der Waals surface area contributed by atoms with Crippen LogP contribution in [0.1, 0.15) is 13.3 Å². The monoisotopic (exact) mass is 235 g/mol. The first kappa shape index (κ1) is 12.0. The van der Waals surface area contributed by atoms with Crippen molar-refractivity contribution in [2.24, 2.45) is 5.16 Å². The largest absolute Gasteiger partial charge is 0.461 e. The number of nitrogens with zero attached hydrogens (tertiary/aromatic N) is 1. The summed E-state index contributed by atoms with van der Waals surface area (Å²) in [6, 6.07) is 0. The second-order valence-electron chi connectivity index (χ2n) is 3.28. The van der Waals surface area contributed by atoms with E-state index in [1.807, 2.05) is 0 Å². The minimum atomic E-state index is -3.12. The Kier molecular flexibility index (Phi) is 3.67. The van der Waals surface area contributed by atoms with Gasteiger partial charge in [0, 0.05) is 12.7 Å². The quantitative estimate of drug-likeness (QED) is 0.627. The van der Waals surface area contributed by atoms with E-state index in [2.05, 4.69) is 5.16 Å². The minimum absolute atomic E-state index is 0.139. The van der Waals surface area contributed by atoms with E-state index in [0.29, 0.717) is 0 Å². The van der Waals surface area contributed by atoms with Crippen molar-refractivity contribution in [3.05, 3.63) is 0 Å². The third-order valence-electron chi connectivity index (χ3n) is 1.73. The third kappa shape index (κ3) is 3.86. The lowest BCUT2D eigenvalue weighted by atomic mass is 10.2. The Morgan fingerprint density at radius 3 is 2.87 bits per heavy atom. The van der Waals surface area contributed by atoms with E-state index in [4.69, 9.17) is 9.57 Å². The SMILES string of the molecule is CCOC(=O)C1=NO[C@@H](CS(C)(=O)=O)C1. The van der Waals surface area contributed by atoms with Crippen LogP contribution in [-0.4, -0.2) is 44.8 Å². The highest BCUT2D eigenvalue weighted by Crippen LogP contribution is 2.13. The number of carbonyl (C=O) groups excluding carboxylic acids is 1. The van der Waals surface area contributed by atoms with Gasteiger partial charge >= 0.3 is 5.97 Å². The average Bonchev–Trinajstić information content (AvgIpc) is 2.50. The Morgan fingerprint density at radius 1 is 1.67 bits per heavy atom. The minimum Gasteiger partial charge on any atom is -0.461 e. The van der Waals surface area contributed by atoms with Gasteiger partial charge in [-0.15, -0.1) is 0 Å². The van der Waals surface area contributed by atoms with Crippen LogP contribution in [0.25, 0.3) is 0 Å². The lowest BCUT2D eigenvalue weighted by Crippen LogP contribution is -2.23. The molecule has 0 unspecified atom stereocenters. The molecule has 1 heterocycles. The maximum atomic E-state index is 11.2. The van der Waals surface area contributed by atoms with Gasteiger partial charge in [-0.25, -0.2) is 13.2 Å². The molecule has 0 saturated heterocycles. The van der Waals surface area contributed by atoms with Gasteiger partial charge < -0.3 is 9.57 Å². The second-order valence-corrected chi connectivity index (χ2v) is 5.47. The number of ether oxygens (including phenoxy) is 1. The molecule has 0 amide bonds. The molecule has 15 heavy (non-hydrogen) atoms. The zero-order valence-corrected chi connectivity index (χ0v) is 9.41. The van der Waals surface area contributed by atoms with Crippen LogP contribution >= 0.6 is 0 Å². The molecule has 0 aromatic rings. The molecule has 0 N–H and O–H groups in total. The summed E-state index contributed by atoms with van der Waals surface area (Å²) in [7, 11) is -3.12. The summed E-state index contributed by atoms with van der Waals surface area (Å²) in [5.74, 6) is -0.687. The van der Waals surface area contributed by atoms with Crippen LogP contribution in [-0.2, 0) is 24.2 Å². The number of esters is 1. The number of sulfone groups is 1. The van der Waals surface area contributed by atoms with Crippen molar-refractivity contribution >= 4 is 21.5 Å². The van der Waals surface area contributed by atoms with Gasteiger partial charge in [0.25, 0.3) is 0 Å². The number of hydrogen-bond donors (Lipinski definition) is 0. The number of oxime groups is 1. The lowest BCUT2D eigenvalue weighted by molar-refractivity contribution is -0.135. The van der Waals surface area contributed by atoms with E-state index >= 15 is 0 Å². The molecule has 6 nitrogen and oxygen atoms in total. The molecule has 0 spiro atoms.